The summed E-state index contributed by atoms with van der Waals surface area (Å²) in [6.07, 6.45) is 0. The third-order valence-electron chi connectivity index (χ3n) is 4.38. The van der Waals surface area contributed by atoms with Crippen LogP contribution in [0.4, 0.5) is 5.69 Å². The molecule has 0 bridgehead atoms. The van der Waals surface area contributed by atoms with E-state index in [1.165, 1.54) is 11.8 Å². The predicted octanol–water partition coefficient (Wildman–Crippen LogP) is 6.55. The van der Waals surface area contributed by atoms with Gasteiger partial charge in [0.15, 0.2) is 11.0 Å². The largest absolute Gasteiger partial charge is 0.507 e. The van der Waals surface area contributed by atoms with Crippen molar-refractivity contribution in [3.8, 4) is 22.8 Å². The Balaban J connectivity index is 1.61. The molecule has 0 radical (unpaired) electrons. The van der Waals surface area contributed by atoms with E-state index in [0.29, 0.717) is 27.3 Å². The first-order valence-electron chi connectivity index (χ1n) is 9.30. The van der Waals surface area contributed by atoms with E-state index in [1.54, 1.807) is 36.4 Å². The SMILES string of the molecule is O=C(CSc1nnc(-c2cc(Br)ccc2O)n1-c1ccccc1)Nc1ccc(Br)c(Cl)c1. The van der Waals surface area contributed by atoms with E-state index in [-0.39, 0.29) is 17.4 Å². The Morgan fingerprint density at radius 1 is 1.06 bits per heavy atom. The van der Waals surface area contributed by atoms with Crippen LogP contribution in [0.1, 0.15) is 0 Å². The fourth-order valence-corrected chi connectivity index (χ4v) is 4.48. The Kier molecular flexibility index (Phi) is 7.20. The maximum Gasteiger partial charge on any atom is 0.234 e. The van der Waals surface area contributed by atoms with Gasteiger partial charge < -0.3 is 10.4 Å². The van der Waals surface area contributed by atoms with Crippen LogP contribution in [0.3, 0.4) is 0 Å². The lowest BCUT2D eigenvalue weighted by Gasteiger charge is -2.11. The second-order valence-corrected chi connectivity index (χ2v) is 9.72. The van der Waals surface area contributed by atoms with Gasteiger partial charge in [0.1, 0.15) is 5.75 Å². The summed E-state index contributed by atoms with van der Waals surface area (Å²) in [6.45, 7) is 0. The number of anilines is 1. The van der Waals surface area contributed by atoms with E-state index in [4.69, 9.17) is 11.6 Å². The van der Waals surface area contributed by atoms with Crippen molar-refractivity contribution in [3.05, 3.63) is 80.7 Å². The first-order valence-corrected chi connectivity index (χ1v) is 12.2. The molecule has 0 saturated heterocycles. The van der Waals surface area contributed by atoms with Crippen molar-refractivity contribution >= 4 is 66.8 Å². The van der Waals surface area contributed by atoms with Crippen LogP contribution in [0.15, 0.2) is 80.8 Å². The van der Waals surface area contributed by atoms with Crippen LogP contribution >= 0.6 is 55.2 Å². The van der Waals surface area contributed by atoms with E-state index in [9.17, 15) is 9.90 Å². The monoisotopic (exact) mass is 592 g/mol. The van der Waals surface area contributed by atoms with Gasteiger partial charge in [-0.25, -0.2) is 0 Å². The molecule has 0 spiro atoms. The molecular formula is C22H15Br2ClN4O2S. The van der Waals surface area contributed by atoms with Gasteiger partial charge in [-0.05, 0) is 64.5 Å². The van der Waals surface area contributed by atoms with Crippen LogP contribution in [0.2, 0.25) is 5.02 Å². The molecule has 0 aliphatic rings. The van der Waals surface area contributed by atoms with Gasteiger partial charge in [-0.15, -0.1) is 10.2 Å². The summed E-state index contributed by atoms with van der Waals surface area (Å²) in [5.74, 6) is 0.461. The average molecular weight is 595 g/mol. The third kappa shape index (κ3) is 5.17. The first-order chi connectivity index (χ1) is 15.4. The van der Waals surface area contributed by atoms with Gasteiger partial charge >= 0.3 is 0 Å². The number of hydrogen-bond donors (Lipinski definition) is 2. The summed E-state index contributed by atoms with van der Waals surface area (Å²) < 4.78 is 3.37. The maximum absolute atomic E-state index is 12.5. The van der Waals surface area contributed by atoms with Crippen LogP contribution in [0.5, 0.6) is 5.75 Å². The molecule has 0 unspecified atom stereocenters. The summed E-state index contributed by atoms with van der Waals surface area (Å²) in [5, 5.41) is 22.9. The molecule has 1 aromatic heterocycles. The number of carbonyl (C=O) groups is 1. The number of thioether (sulfide) groups is 1. The summed E-state index contributed by atoms with van der Waals surface area (Å²) >= 11 is 14.1. The molecule has 0 saturated carbocycles. The number of phenols is 1. The molecular weight excluding hydrogens is 580 g/mol. The maximum atomic E-state index is 12.5. The van der Waals surface area contributed by atoms with Crippen LogP contribution in [0, 0.1) is 0 Å². The molecule has 0 atom stereocenters. The highest BCUT2D eigenvalue weighted by molar-refractivity contribution is 9.10. The Labute approximate surface area is 210 Å². The lowest BCUT2D eigenvalue weighted by Crippen LogP contribution is -2.14. The van der Waals surface area contributed by atoms with E-state index >= 15 is 0 Å². The topological polar surface area (TPSA) is 80.0 Å². The number of carbonyl (C=O) groups excluding carboxylic acids is 1. The van der Waals surface area contributed by atoms with Crippen molar-refractivity contribution in [2.45, 2.75) is 5.16 Å². The highest BCUT2D eigenvalue weighted by Gasteiger charge is 2.20. The number of hydrogen-bond acceptors (Lipinski definition) is 5. The zero-order valence-electron chi connectivity index (χ0n) is 16.3. The van der Waals surface area contributed by atoms with Crippen molar-refractivity contribution < 1.29 is 9.90 Å². The Hall–Kier alpha value is -2.33. The molecule has 4 rings (SSSR count). The standard InChI is InChI=1S/C22H15Br2ClN4O2S/c23-13-6-9-19(30)16(10-13)21-27-28-22(29(21)15-4-2-1-3-5-15)32-12-20(31)26-14-7-8-17(24)18(25)11-14/h1-11,30H,12H2,(H,26,31). The van der Waals surface area contributed by atoms with Crippen molar-refractivity contribution in [1.82, 2.24) is 14.8 Å². The molecule has 0 fully saturated rings. The molecule has 4 aromatic rings. The summed E-state index contributed by atoms with van der Waals surface area (Å²) in [6, 6.07) is 19.9. The van der Waals surface area contributed by atoms with Crippen molar-refractivity contribution in [2.75, 3.05) is 11.1 Å². The Bertz CT molecular complexity index is 1280. The molecule has 10 heteroatoms. The summed E-state index contributed by atoms with van der Waals surface area (Å²) in [7, 11) is 0. The van der Waals surface area contributed by atoms with E-state index in [1.807, 2.05) is 34.9 Å². The van der Waals surface area contributed by atoms with Gasteiger partial charge in [0.2, 0.25) is 5.91 Å². The first kappa shape index (κ1) is 22.8. The lowest BCUT2D eigenvalue weighted by atomic mass is 10.2. The number of phenolic OH excluding ortho intramolecular Hbond substituents is 1. The number of para-hydroxylation sites is 1. The number of rotatable bonds is 6. The van der Waals surface area contributed by atoms with Crippen LogP contribution in [0.25, 0.3) is 17.1 Å². The number of amides is 1. The van der Waals surface area contributed by atoms with Gasteiger partial charge in [-0.1, -0.05) is 57.5 Å². The average Bonchev–Trinajstić information content (AvgIpc) is 3.21. The van der Waals surface area contributed by atoms with Gasteiger partial charge in [-0.3, -0.25) is 9.36 Å². The minimum absolute atomic E-state index is 0.0826. The minimum atomic E-state index is -0.206. The van der Waals surface area contributed by atoms with E-state index < -0.39 is 0 Å². The molecule has 1 amide bonds. The van der Waals surface area contributed by atoms with Gasteiger partial charge in [-0.2, -0.15) is 0 Å². The number of aromatic nitrogens is 3. The van der Waals surface area contributed by atoms with Crippen molar-refractivity contribution in [2.24, 2.45) is 0 Å². The number of nitrogens with zero attached hydrogens (tertiary/aromatic N) is 3. The number of nitrogens with one attached hydrogen (secondary N) is 1. The van der Waals surface area contributed by atoms with Gasteiger partial charge in [0.25, 0.3) is 0 Å². The van der Waals surface area contributed by atoms with Crippen LogP contribution in [-0.2, 0) is 4.79 Å². The molecule has 1 heterocycles. The number of halogens is 3. The second kappa shape index (κ2) is 10.1. The molecule has 32 heavy (non-hydrogen) atoms. The van der Waals surface area contributed by atoms with Crippen molar-refractivity contribution in [3.63, 3.8) is 0 Å². The Morgan fingerprint density at radius 2 is 1.84 bits per heavy atom. The van der Waals surface area contributed by atoms with E-state index in [2.05, 4.69) is 47.4 Å². The molecule has 6 nitrogen and oxygen atoms in total. The normalized spacial score (nSPS) is 10.8. The molecule has 0 aliphatic heterocycles. The summed E-state index contributed by atoms with van der Waals surface area (Å²) in [5.41, 5.74) is 1.94. The molecule has 162 valence electrons. The smallest absolute Gasteiger partial charge is 0.234 e. The number of benzene rings is 3. The van der Waals surface area contributed by atoms with Crippen molar-refractivity contribution in [1.29, 1.82) is 0 Å². The zero-order valence-corrected chi connectivity index (χ0v) is 21.0. The zero-order chi connectivity index (χ0) is 22.7. The highest BCUT2D eigenvalue weighted by Crippen LogP contribution is 2.34. The fraction of sp³-hybridized carbons (Fsp3) is 0.0455. The highest BCUT2D eigenvalue weighted by atomic mass is 79.9. The molecule has 2 N–H and O–H groups in total. The number of aromatic hydroxyl groups is 1. The molecule has 0 aliphatic carbocycles. The lowest BCUT2D eigenvalue weighted by molar-refractivity contribution is -0.113. The van der Waals surface area contributed by atoms with Crippen LogP contribution in [-0.4, -0.2) is 31.5 Å². The minimum Gasteiger partial charge on any atom is -0.507 e. The van der Waals surface area contributed by atoms with E-state index in [0.717, 1.165) is 14.6 Å². The second-order valence-electron chi connectivity index (χ2n) is 6.60. The quantitative estimate of drug-likeness (QED) is 0.248. The summed E-state index contributed by atoms with van der Waals surface area (Å²) in [4.78, 5) is 12.5. The molecule has 3 aromatic carbocycles. The van der Waals surface area contributed by atoms with Gasteiger partial charge in [0.05, 0.1) is 16.3 Å². The predicted molar refractivity (Wildman–Crippen MR) is 135 cm³/mol. The van der Waals surface area contributed by atoms with Crippen LogP contribution < -0.4 is 5.32 Å². The third-order valence-corrected chi connectivity index (χ3v) is 7.04. The Morgan fingerprint density at radius 3 is 2.59 bits per heavy atom. The fourth-order valence-electron chi connectivity index (χ4n) is 2.94. The van der Waals surface area contributed by atoms with Gasteiger partial charge in [0, 0.05) is 20.3 Å².